The van der Waals surface area contributed by atoms with E-state index in [0.29, 0.717) is 5.75 Å². The third kappa shape index (κ3) is 6.07. The smallest absolute Gasteiger partial charge is 0.410 e. The first-order valence-corrected chi connectivity index (χ1v) is 8.78. The number of nitrogens with one attached hydrogen (secondary N) is 1. The Morgan fingerprint density at radius 2 is 1.76 bits per heavy atom. The molecular formula is C20H25ClN2O2. The average molecular weight is 361 g/mol. The minimum atomic E-state index is -0.374. The molecule has 0 aliphatic heterocycles. The van der Waals surface area contributed by atoms with Gasteiger partial charge in [-0.15, -0.1) is 0 Å². The second-order valence-corrected chi connectivity index (χ2v) is 6.63. The van der Waals surface area contributed by atoms with Gasteiger partial charge in [-0.3, -0.25) is 0 Å². The lowest BCUT2D eigenvalue weighted by Crippen LogP contribution is -2.25. The third-order valence-corrected chi connectivity index (χ3v) is 4.32. The Bertz CT molecular complexity index is 669. The lowest BCUT2D eigenvalue weighted by Gasteiger charge is -2.17. The first-order valence-electron chi connectivity index (χ1n) is 8.40. The second kappa shape index (κ2) is 9.44. The zero-order valence-corrected chi connectivity index (χ0v) is 15.7. The van der Waals surface area contributed by atoms with E-state index in [1.807, 2.05) is 43.4 Å². The highest BCUT2D eigenvalue weighted by Gasteiger charge is 2.11. The van der Waals surface area contributed by atoms with Gasteiger partial charge in [-0.25, -0.2) is 4.79 Å². The molecule has 0 aromatic heterocycles. The van der Waals surface area contributed by atoms with Crippen LogP contribution in [0.1, 0.15) is 30.0 Å². The molecule has 0 spiro atoms. The minimum Gasteiger partial charge on any atom is -0.410 e. The van der Waals surface area contributed by atoms with Crippen molar-refractivity contribution in [3.05, 3.63) is 64.7 Å². The van der Waals surface area contributed by atoms with Crippen molar-refractivity contribution >= 4 is 17.7 Å². The van der Waals surface area contributed by atoms with Crippen LogP contribution in [0, 0.1) is 0 Å². The monoisotopic (exact) mass is 360 g/mol. The maximum Gasteiger partial charge on any atom is 0.414 e. The van der Waals surface area contributed by atoms with E-state index in [2.05, 4.69) is 17.4 Å². The first kappa shape index (κ1) is 19.3. The molecule has 0 fully saturated rings. The van der Waals surface area contributed by atoms with Crippen LogP contribution in [-0.4, -0.2) is 32.1 Å². The molecule has 0 heterocycles. The molecule has 1 N–H and O–H groups in total. The number of ether oxygens (including phenoxy) is 1. The van der Waals surface area contributed by atoms with Gasteiger partial charge in [-0.2, -0.15) is 0 Å². The van der Waals surface area contributed by atoms with Crippen molar-refractivity contribution < 1.29 is 9.53 Å². The number of hydrogen-bond acceptors (Lipinski definition) is 3. The van der Waals surface area contributed by atoms with Crippen molar-refractivity contribution in [3.63, 3.8) is 0 Å². The van der Waals surface area contributed by atoms with Crippen molar-refractivity contribution in [2.24, 2.45) is 0 Å². The molecule has 5 heteroatoms. The summed E-state index contributed by atoms with van der Waals surface area (Å²) in [4.78, 5) is 13.0. The fourth-order valence-electron chi connectivity index (χ4n) is 2.60. The number of halogens is 1. The van der Waals surface area contributed by atoms with Crippen molar-refractivity contribution in [2.45, 2.75) is 25.3 Å². The summed E-state index contributed by atoms with van der Waals surface area (Å²) in [5, 5.41) is 4.13. The molecule has 0 aliphatic rings. The molecule has 2 aromatic carbocycles. The van der Waals surface area contributed by atoms with Gasteiger partial charge < -0.3 is 15.0 Å². The maximum atomic E-state index is 11.6. The van der Waals surface area contributed by atoms with Crippen LogP contribution in [0.15, 0.2) is 48.5 Å². The highest BCUT2D eigenvalue weighted by Crippen LogP contribution is 2.23. The largest absolute Gasteiger partial charge is 0.414 e. The number of carbonyl (C=O) groups is 1. The molecule has 0 radical (unpaired) electrons. The quantitative estimate of drug-likeness (QED) is 0.779. The second-order valence-electron chi connectivity index (χ2n) is 6.19. The number of aryl methyl sites for hydroxylation is 1. The van der Waals surface area contributed by atoms with Crippen LogP contribution in [0.2, 0.25) is 5.02 Å². The van der Waals surface area contributed by atoms with Crippen LogP contribution >= 0.6 is 11.6 Å². The summed E-state index contributed by atoms with van der Waals surface area (Å²) in [7, 11) is 5.29. The summed E-state index contributed by atoms with van der Waals surface area (Å²) in [6.07, 6.45) is 2.75. The molecule has 0 bridgehead atoms. The number of nitrogens with zero attached hydrogens (tertiary/aromatic N) is 1. The molecule has 1 atom stereocenters. The van der Waals surface area contributed by atoms with Gasteiger partial charge in [0.1, 0.15) is 5.75 Å². The van der Waals surface area contributed by atoms with Gasteiger partial charge >= 0.3 is 6.09 Å². The van der Waals surface area contributed by atoms with Gasteiger partial charge in [0.25, 0.3) is 0 Å². The van der Waals surface area contributed by atoms with Crippen LogP contribution in [0.3, 0.4) is 0 Å². The standard InChI is InChI=1S/C20H25ClN2O2/c1-22-19(6-4-5-15-7-11-17(21)12-8-15)16-9-13-18(14-10-16)25-20(24)23(2)3/h7-14,19,22H,4-6H2,1-3H3. The summed E-state index contributed by atoms with van der Waals surface area (Å²) >= 11 is 5.92. The summed E-state index contributed by atoms with van der Waals surface area (Å²) in [5.41, 5.74) is 2.48. The molecule has 0 saturated carbocycles. The van der Waals surface area contributed by atoms with Crippen molar-refractivity contribution in [1.82, 2.24) is 10.2 Å². The average Bonchev–Trinajstić information content (AvgIpc) is 2.61. The van der Waals surface area contributed by atoms with Gasteiger partial charge in [-0.1, -0.05) is 35.9 Å². The predicted octanol–water partition coefficient (Wildman–Crippen LogP) is 4.68. The summed E-state index contributed by atoms with van der Waals surface area (Å²) in [6, 6.07) is 15.9. The van der Waals surface area contributed by atoms with Crippen molar-refractivity contribution in [2.75, 3.05) is 21.1 Å². The van der Waals surface area contributed by atoms with Gasteiger partial charge in [-0.05, 0) is 61.7 Å². The summed E-state index contributed by atoms with van der Waals surface area (Å²) < 4.78 is 5.25. The fraction of sp³-hybridized carbons (Fsp3) is 0.350. The van der Waals surface area contributed by atoms with Crippen molar-refractivity contribution in [1.29, 1.82) is 0 Å². The van der Waals surface area contributed by atoms with Gasteiger partial charge in [0, 0.05) is 25.2 Å². The fourth-order valence-corrected chi connectivity index (χ4v) is 2.73. The number of benzene rings is 2. The number of rotatable bonds is 7. The zero-order chi connectivity index (χ0) is 18.2. The summed E-state index contributed by atoms with van der Waals surface area (Å²) in [5.74, 6) is 0.554. The van der Waals surface area contributed by atoms with Crippen LogP contribution in [0.4, 0.5) is 4.79 Å². The maximum absolute atomic E-state index is 11.6. The Morgan fingerprint density at radius 3 is 2.32 bits per heavy atom. The number of amides is 1. The molecule has 2 aromatic rings. The minimum absolute atomic E-state index is 0.269. The molecule has 25 heavy (non-hydrogen) atoms. The van der Waals surface area contributed by atoms with Crippen molar-refractivity contribution in [3.8, 4) is 5.75 Å². The molecule has 0 saturated heterocycles. The Kier molecular flexibility index (Phi) is 7.29. The summed E-state index contributed by atoms with van der Waals surface area (Å²) in [6.45, 7) is 0. The molecule has 4 nitrogen and oxygen atoms in total. The number of carbonyl (C=O) groups excluding carboxylic acids is 1. The molecule has 2 rings (SSSR count). The molecule has 1 amide bonds. The Morgan fingerprint density at radius 1 is 1.12 bits per heavy atom. The number of hydrogen-bond donors (Lipinski definition) is 1. The van der Waals surface area contributed by atoms with E-state index in [0.717, 1.165) is 24.3 Å². The Balaban J connectivity index is 1.89. The van der Waals surface area contributed by atoms with E-state index >= 15 is 0 Å². The molecule has 134 valence electrons. The van der Waals surface area contributed by atoms with E-state index in [-0.39, 0.29) is 12.1 Å². The first-order chi connectivity index (χ1) is 12.0. The highest BCUT2D eigenvalue weighted by atomic mass is 35.5. The zero-order valence-electron chi connectivity index (χ0n) is 15.0. The van der Waals surface area contributed by atoms with Crippen LogP contribution in [-0.2, 0) is 6.42 Å². The Labute approximate surface area is 154 Å². The third-order valence-electron chi connectivity index (χ3n) is 4.07. The predicted molar refractivity (Wildman–Crippen MR) is 102 cm³/mol. The van der Waals surface area contributed by atoms with Crippen LogP contribution in [0.25, 0.3) is 0 Å². The van der Waals surface area contributed by atoms with E-state index < -0.39 is 0 Å². The van der Waals surface area contributed by atoms with Crippen LogP contribution < -0.4 is 10.1 Å². The van der Waals surface area contributed by atoms with Gasteiger partial charge in [0.2, 0.25) is 0 Å². The molecule has 0 aliphatic carbocycles. The topological polar surface area (TPSA) is 41.6 Å². The van der Waals surface area contributed by atoms with Crippen LogP contribution in [0.5, 0.6) is 5.75 Å². The van der Waals surface area contributed by atoms with Gasteiger partial charge in [0.05, 0.1) is 0 Å². The Hall–Kier alpha value is -2.04. The van der Waals surface area contributed by atoms with E-state index in [1.165, 1.54) is 16.0 Å². The molecular weight excluding hydrogens is 336 g/mol. The van der Waals surface area contributed by atoms with E-state index in [4.69, 9.17) is 16.3 Å². The van der Waals surface area contributed by atoms with E-state index in [9.17, 15) is 4.79 Å². The lowest BCUT2D eigenvalue weighted by molar-refractivity contribution is 0.172. The van der Waals surface area contributed by atoms with Gasteiger partial charge in [0.15, 0.2) is 0 Å². The van der Waals surface area contributed by atoms with E-state index in [1.54, 1.807) is 14.1 Å². The normalized spacial score (nSPS) is 11.8. The SMILES string of the molecule is CNC(CCCc1ccc(Cl)cc1)c1ccc(OC(=O)N(C)C)cc1. The lowest BCUT2D eigenvalue weighted by atomic mass is 9.99. The molecule has 1 unspecified atom stereocenters. The highest BCUT2D eigenvalue weighted by molar-refractivity contribution is 6.30.